The molecule has 2 aliphatic rings. The Balaban J connectivity index is 2.03. The van der Waals surface area contributed by atoms with Gasteiger partial charge in [0.2, 0.25) is 10.0 Å². The SMILES string of the molecule is CCN1C(c2ccccc2)c2cccn2C2=CCC(Cl)C=C2S1(=O)=O. The lowest BCUT2D eigenvalue weighted by atomic mass is 10.0. The molecule has 1 aromatic heterocycles. The van der Waals surface area contributed by atoms with Crippen LogP contribution in [0.15, 0.2) is 65.7 Å². The van der Waals surface area contributed by atoms with E-state index >= 15 is 0 Å². The van der Waals surface area contributed by atoms with Crippen LogP contribution >= 0.6 is 11.6 Å². The van der Waals surface area contributed by atoms with Crippen molar-refractivity contribution >= 4 is 27.3 Å². The van der Waals surface area contributed by atoms with Gasteiger partial charge in [0.05, 0.1) is 17.1 Å². The number of sulfonamides is 1. The van der Waals surface area contributed by atoms with E-state index in [0.29, 0.717) is 23.6 Å². The Kier molecular flexibility index (Phi) is 4.10. The molecule has 0 amide bonds. The molecule has 0 saturated heterocycles. The van der Waals surface area contributed by atoms with E-state index in [2.05, 4.69) is 0 Å². The van der Waals surface area contributed by atoms with Crippen molar-refractivity contribution in [2.24, 2.45) is 0 Å². The second-order valence-corrected chi connectivity index (χ2v) is 8.62. The summed E-state index contributed by atoms with van der Waals surface area (Å²) in [6, 6.07) is 13.3. The van der Waals surface area contributed by atoms with Crippen LogP contribution in [0.4, 0.5) is 0 Å². The Morgan fingerprint density at radius 3 is 2.64 bits per heavy atom. The van der Waals surface area contributed by atoms with Crippen LogP contribution in [0.5, 0.6) is 0 Å². The van der Waals surface area contributed by atoms with Gasteiger partial charge in [-0.1, -0.05) is 43.3 Å². The highest BCUT2D eigenvalue weighted by Gasteiger charge is 2.41. The maximum absolute atomic E-state index is 13.4. The van der Waals surface area contributed by atoms with E-state index in [4.69, 9.17) is 11.6 Å². The van der Waals surface area contributed by atoms with Crippen LogP contribution in [0.25, 0.3) is 5.70 Å². The Hall–Kier alpha value is -1.82. The van der Waals surface area contributed by atoms with Crippen molar-refractivity contribution in [2.45, 2.75) is 24.8 Å². The summed E-state index contributed by atoms with van der Waals surface area (Å²) in [6.07, 6.45) is 6.14. The molecule has 0 spiro atoms. The quantitative estimate of drug-likeness (QED) is 0.746. The number of halogens is 1. The molecule has 2 aromatic rings. The summed E-state index contributed by atoms with van der Waals surface area (Å²) in [4.78, 5) is 0.302. The normalized spacial score (nSPS) is 25.4. The van der Waals surface area contributed by atoms with Crippen LogP contribution in [0, 0.1) is 0 Å². The van der Waals surface area contributed by atoms with Gasteiger partial charge in [-0.05, 0) is 30.2 Å². The fourth-order valence-electron chi connectivity index (χ4n) is 3.65. The minimum atomic E-state index is -3.66. The molecule has 25 heavy (non-hydrogen) atoms. The molecule has 0 fully saturated rings. The first-order valence-electron chi connectivity index (χ1n) is 8.35. The zero-order valence-electron chi connectivity index (χ0n) is 13.8. The molecule has 1 aliphatic heterocycles. The average molecular weight is 375 g/mol. The van der Waals surface area contributed by atoms with Crippen molar-refractivity contribution in [1.82, 2.24) is 8.87 Å². The molecule has 1 aromatic carbocycles. The molecular formula is C19H19ClN2O2S. The Labute approximate surface area is 153 Å². The van der Waals surface area contributed by atoms with Crippen molar-refractivity contribution in [3.05, 3.63) is 77.0 Å². The molecular weight excluding hydrogens is 356 g/mol. The zero-order chi connectivity index (χ0) is 17.6. The molecule has 130 valence electrons. The fourth-order valence-corrected chi connectivity index (χ4v) is 5.82. The summed E-state index contributed by atoms with van der Waals surface area (Å²) in [5, 5.41) is -0.306. The number of fused-ring (bicyclic) bond motifs is 3. The van der Waals surface area contributed by atoms with Crippen LogP contribution in [-0.2, 0) is 10.0 Å². The van der Waals surface area contributed by atoms with Gasteiger partial charge in [0.15, 0.2) is 0 Å². The number of benzene rings is 1. The molecule has 2 unspecified atom stereocenters. The summed E-state index contributed by atoms with van der Waals surface area (Å²) in [5.74, 6) is 0. The third kappa shape index (κ3) is 2.58. The lowest BCUT2D eigenvalue weighted by Crippen LogP contribution is -2.35. The highest BCUT2D eigenvalue weighted by Crippen LogP contribution is 2.42. The van der Waals surface area contributed by atoms with E-state index in [9.17, 15) is 8.42 Å². The molecule has 0 radical (unpaired) electrons. The molecule has 6 heteroatoms. The number of hydrogen-bond acceptors (Lipinski definition) is 2. The van der Waals surface area contributed by atoms with Crippen molar-refractivity contribution < 1.29 is 8.42 Å². The Bertz CT molecular complexity index is 960. The predicted molar refractivity (Wildman–Crippen MR) is 101 cm³/mol. The smallest absolute Gasteiger partial charge is 0.245 e. The van der Waals surface area contributed by atoms with Crippen molar-refractivity contribution in [2.75, 3.05) is 6.54 Å². The highest BCUT2D eigenvalue weighted by atomic mass is 35.5. The predicted octanol–water partition coefficient (Wildman–Crippen LogP) is 3.98. The topological polar surface area (TPSA) is 42.3 Å². The number of hydrogen-bond donors (Lipinski definition) is 0. The second-order valence-electron chi connectivity index (χ2n) is 6.20. The standard InChI is InChI=1S/C19H19ClN2O2S/c1-2-22-19(14-7-4-3-5-8-14)17-9-6-12-21(17)16-11-10-15(20)13-18(16)25(22,23)24/h3-9,11-13,15,19H,2,10H2,1H3. The van der Waals surface area contributed by atoms with E-state index in [1.54, 1.807) is 10.4 Å². The van der Waals surface area contributed by atoms with Crippen LogP contribution in [0.2, 0.25) is 0 Å². The first-order chi connectivity index (χ1) is 12.0. The number of aromatic nitrogens is 1. The molecule has 0 saturated carbocycles. The third-order valence-corrected chi connectivity index (χ3v) is 7.03. The zero-order valence-corrected chi connectivity index (χ0v) is 15.4. The number of alkyl halides is 1. The third-order valence-electron chi connectivity index (χ3n) is 4.74. The van der Waals surface area contributed by atoms with E-state index in [0.717, 1.165) is 11.3 Å². The van der Waals surface area contributed by atoms with Gasteiger partial charge in [-0.3, -0.25) is 0 Å². The number of allylic oxidation sites excluding steroid dienone is 3. The first kappa shape index (κ1) is 16.6. The van der Waals surface area contributed by atoms with Gasteiger partial charge >= 0.3 is 0 Å². The van der Waals surface area contributed by atoms with Crippen molar-refractivity contribution in [1.29, 1.82) is 0 Å². The van der Waals surface area contributed by atoms with E-state index in [1.807, 2.05) is 66.2 Å². The minimum absolute atomic E-state index is 0.302. The molecule has 2 heterocycles. The summed E-state index contributed by atoms with van der Waals surface area (Å²) >= 11 is 6.25. The van der Waals surface area contributed by atoms with Crippen LogP contribution in [-0.4, -0.2) is 29.2 Å². The van der Waals surface area contributed by atoms with Gasteiger partial charge < -0.3 is 4.57 Å². The number of nitrogens with zero attached hydrogens (tertiary/aromatic N) is 2. The second kappa shape index (κ2) is 6.16. The molecule has 0 N–H and O–H groups in total. The van der Waals surface area contributed by atoms with Gasteiger partial charge in [0.1, 0.15) is 4.91 Å². The van der Waals surface area contributed by atoms with Gasteiger partial charge in [-0.15, -0.1) is 11.6 Å². The summed E-state index contributed by atoms with van der Waals surface area (Å²) in [6.45, 7) is 2.25. The average Bonchev–Trinajstić information content (AvgIpc) is 3.06. The van der Waals surface area contributed by atoms with Crippen LogP contribution < -0.4 is 0 Å². The van der Waals surface area contributed by atoms with Gasteiger partial charge in [0.25, 0.3) is 0 Å². The van der Waals surface area contributed by atoms with E-state index < -0.39 is 10.0 Å². The van der Waals surface area contributed by atoms with Crippen LogP contribution in [0.3, 0.4) is 0 Å². The molecule has 4 nitrogen and oxygen atoms in total. The largest absolute Gasteiger partial charge is 0.318 e. The molecule has 0 bridgehead atoms. The number of rotatable bonds is 2. The monoisotopic (exact) mass is 374 g/mol. The van der Waals surface area contributed by atoms with Crippen molar-refractivity contribution in [3.8, 4) is 0 Å². The van der Waals surface area contributed by atoms with E-state index in [1.165, 1.54) is 0 Å². The Morgan fingerprint density at radius 1 is 1.16 bits per heavy atom. The van der Waals surface area contributed by atoms with Gasteiger partial charge in [0, 0.05) is 18.4 Å². The van der Waals surface area contributed by atoms with Crippen molar-refractivity contribution in [3.63, 3.8) is 0 Å². The summed E-state index contributed by atoms with van der Waals surface area (Å²) in [7, 11) is -3.66. The van der Waals surface area contributed by atoms with Gasteiger partial charge in [-0.25, -0.2) is 8.42 Å². The maximum atomic E-state index is 13.4. The molecule has 2 atom stereocenters. The summed E-state index contributed by atoms with van der Waals surface area (Å²) in [5.41, 5.74) is 2.60. The highest BCUT2D eigenvalue weighted by molar-refractivity contribution is 7.93. The van der Waals surface area contributed by atoms with Crippen LogP contribution in [0.1, 0.15) is 30.6 Å². The maximum Gasteiger partial charge on any atom is 0.245 e. The first-order valence-corrected chi connectivity index (χ1v) is 10.2. The van der Waals surface area contributed by atoms with Gasteiger partial charge in [-0.2, -0.15) is 4.31 Å². The lowest BCUT2D eigenvalue weighted by Gasteiger charge is -2.28. The van der Waals surface area contributed by atoms with E-state index in [-0.39, 0.29) is 11.4 Å². The molecule has 4 rings (SSSR count). The minimum Gasteiger partial charge on any atom is -0.318 e. The summed E-state index contributed by atoms with van der Waals surface area (Å²) < 4.78 is 30.4. The molecule has 1 aliphatic carbocycles. The Morgan fingerprint density at radius 2 is 1.92 bits per heavy atom. The lowest BCUT2D eigenvalue weighted by molar-refractivity contribution is 0.375. The fraction of sp³-hybridized carbons (Fsp3) is 0.263.